The van der Waals surface area contributed by atoms with Crippen LogP contribution in [-0.2, 0) is 6.54 Å². The molecule has 0 spiro atoms. The van der Waals surface area contributed by atoms with E-state index in [1.807, 2.05) is 25.2 Å². The Labute approximate surface area is 120 Å². The number of nitrogens with two attached hydrogens (primary N) is 1. The van der Waals surface area contributed by atoms with Gasteiger partial charge in [-0.3, -0.25) is 0 Å². The van der Waals surface area contributed by atoms with Gasteiger partial charge < -0.3 is 10.6 Å². The summed E-state index contributed by atoms with van der Waals surface area (Å²) in [5, 5.41) is 0. The number of anilines is 1. The Morgan fingerprint density at radius 3 is 2.60 bits per heavy atom. The Bertz CT molecular complexity index is 568. The third kappa shape index (κ3) is 3.36. The smallest absolute Gasteiger partial charge is 0.123 e. The first-order valence-corrected chi connectivity index (χ1v) is 6.92. The number of rotatable bonds is 5. The lowest BCUT2D eigenvalue weighted by Crippen LogP contribution is -2.20. The Kier molecular flexibility index (Phi) is 4.74. The minimum atomic E-state index is -0.200. The number of hydrogen-bond acceptors (Lipinski definition) is 2. The normalized spacial score (nSPS) is 12.2. The molecular formula is C17H21FN2. The summed E-state index contributed by atoms with van der Waals surface area (Å²) in [5.41, 5.74) is 9.35. The number of halogens is 1. The molecule has 0 saturated carbocycles. The van der Waals surface area contributed by atoms with Crippen molar-refractivity contribution in [1.29, 1.82) is 0 Å². The van der Waals surface area contributed by atoms with E-state index in [4.69, 9.17) is 5.73 Å². The molecule has 0 bridgehead atoms. The molecule has 2 nitrogen and oxygen atoms in total. The van der Waals surface area contributed by atoms with Gasteiger partial charge in [0, 0.05) is 25.3 Å². The molecule has 1 unspecified atom stereocenters. The maximum absolute atomic E-state index is 13.2. The molecule has 20 heavy (non-hydrogen) atoms. The van der Waals surface area contributed by atoms with Crippen LogP contribution >= 0.6 is 0 Å². The van der Waals surface area contributed by atoms with Gasteiger partial charge in [-0.15, -0.1) is 0 Å². The van der Waals surface area contributed by atoms with Crippen molar-refractivity contribution in [2.24, 2.45) is 5.73 Å². The predicted molar refractivity (Wildman–Crippen MR) is 82.2 cm³/mol. The predicted octanol–water partition coefficient (Wildman–Crippen LogP) is 3.87. The highest BCUT2D eigenvalue weighted by Crippen LogP contribution is 2.27. The molecule has 0 aromatic heterocycles. The van der Waals surface area contributed by atoms with Crippen LogP contribution in [0.15, 0.2) is 48.5 Å². The van der Waals surface area contributed by atoms with Gasteiger partial charge in [0.1, 0.15) is 5.82 Å². The second kappa shape index (κ2) is 6.53. The van der Waals surface area contributed by atoms with Crippen molar-refractivity contribution >= 4 is 5.69 Å². The third-order valence-corrected chi connectivity index (χ3v) is 3.50. The SMILES string of the molecule is CCC(N)c1ccccc1N(C)Cc1cccc(F)c1. The molecule has 3 heteroatoms. The molecule has 2 aromatic carbocycles. The van der Waals surface area contributed by atoms with Crippen LogP contribution in [-0.4, -0.2) is 7.05 Å². The van der Waals surface area contributed by atoms with Gasteiger partial charge in [0.15, 0.2) is 0 Å². The highest BCUT2D eigenvalue weighted by molar-refractivity contribution is 5.54. The van der Waals surface area contributed by atoms with Crippen molar-refractivity contribution in [2.45, 2.75) is 25.9 Å². The van der Waals surface area contributed by atoms with Crippen LogP contribution in [0.2, 0.25) is 0 Å². The molecule has 0 heterocycles. The number of nitrogens with zero attached hydrogens (tertiary/aromatic N) is 1. The van der Waals surface area contributed by atoms with E-state index in [2.05, 4.69) is 24.0 Å². The van der Waals surface area contributed by atoms with Crippen LogP contribution in [0.1, 0.15) is 30.5 Å². The zero-order chi connectivity index (χ0) is 14.5. The fourth-order valence-corrected chi connectivity index (χ4v) is 2.36. The van der Waals surface area contributed by atoms with E-state index in [-0.39, 0.29) is 11.9 Å². The standard InChI is InChI=1S/C17H21FN2/c1-3-16(19)15-9-4-5-10-17(15)20(2)12-13-7-6-8-14(18)11-13/h4-11,16H,3,12,19H2,1-2H3. The highest BCUT2D eigenvalue weighted by atomic mass is 19.1. The molecule has 0 amide bonds. The summed E-state index contributed by atoms with van der Waals surface area (Å²) in [6.45, 7) is 2.74. The molecular weight excluding hydrogens is 251 g/mol. The molecule has 1 atom stereocenters. The monoisotopic (exact) mass is 272 g/mol. The molecule has 0 radical (unpaired) electrons. The lowest BCUT2D eigenvalue weighted by atomic mass is 10.0. The van der Waals surface area contributed by atoms with E-state index in [1.165, 1.54) is 6.07 Å². The summed E-state index contributed by atoms with van der Waals surface area (Å²) in [7, 11) is 2.01. The van der Waals surface area contributed by atoms with E-state index in [9.17, 15) is 4.39 Å². The molecule has 0 aliphatic heterocycles. The largest absolute Gasteiger partial charge is 0.370 e. The van der Waals surface area contributed by atoms with Crippen LogP contribution in [0.25, 0.3) is 0 Å². The fourth-order valence-electron chi connectivity index (χ4n) is 2.36. The van der Waals surface area contributed by atoms with Crippen molar-refractivity contribution in [3.05, 3.63) is 65.5 Å². The van der Waals surface area contributed by atoms with Crippen molar-refractivity contribution in [3.8, 4) is 0 Å². The number of para-hydroxylation sites is 1. The molecule has 0 aliphatic rings. The summed E-state index contributed by atoms with van der Waals surface area (Å²) in [6, 6.07) is 14.9. The second-order valence-corrected chi connectivity index (χ2v) is 5.06. The Morgan fingerprint density at radius 1 is 1.15 bits per heavy atom. The van der Waals surface area contributed by atoms with Crippen LogP contribution in [0.5, 0.6) is 0 Å². The zero-order valence-corrected chi connectivity index (χ0v) is 12.0. The molecule has 0 fully saturated rings. The van der Waals surface area contributed by atoms with Crippen molar-refractivity contribution in [2.75, 3.05) is 11.9 Å². The minimum absolute atomic E-state index is 0.0289. The van der Waals surface area contributed by atoms with E-state index < -0.39 is 0 Å². The average molecular weight is 272 g/mol. The lowest BCUT2D eigenvalue weighted by Gasteiger charge is -2.25. The fraction of sp³-hybridized carbons (Fsp3) is 0.294. The summed E-state index contributed by atoms with van der Waals surface area (Å²) in [5.74, 6) is -0.200. The van der Waals surface area contributed by atoms with Gasteiger partial charge in [0.25, 0.3) is 0 Å². The Balaban J connectivity index is 2.23. The van der Waals surface area contributed by atoms with Gasteiger partial charge in [-0.1, -0.05) is 37.3 Å². The van der Waals surface area contributed by atoms with E-state index in [1.54, 1.807) is 12.1 Å². The molecule has 2 rings (SSSR count). The van der Waals surface area contributed by atoms with Crippen LogP contribution < -0.4 is 10.6 Å². The Morgan fingerprint density at radius 2 is 1.90 bits per heavy atom. The van der Waals surface area contributed by atoms with E-state index in [0.29, 0.717) is 6.54 Å². The minimum Gasteiger partial charge on any atom is -0.370 e. The second-order valence-electron chi connectivity index (χ2n) is 5.06. The first-order chi connectivity index (χ1) is 9.61. The van der Waals surface area contributed by atoms with Gasteiger partial charge in [0.2, 0.25) is 0 Å². The number of hydrogen-bond donors (Lipinski definition) is 1. The van der Waals surface area contributed by atoms with Crippen molar-refractivity contribution < 1.29 is 4.39 Å². The summed E-state index contributed by atoms with van der Waals surface area (Å²) >= 11 is 0. The zero-order valence-electron chi connectivity index (χ0n) is 12.0. The first kappa shape index (κ1) is 14.5. The molecule has 2 aromatic rings. The van der Waals surface area contributed by atoms with Gasteiger partial charge >= 0.3 is 0 Å². The first-order valence-electron chi connectivity index (χ1n) is 6.92. The summed E-state index contributed by atoms with van der Waals surface area (Å²) in [6.07, 6.45) is 0.894. The van der Waals surface area contributed by atoms with Crippen molar-refractivity contribution in [1.82, 2.24) is 0 Å². The van der Waals surface area contributed by atoms with Gasteiger partial charge in [-0.05, 0) is 35.7 Å². The molecule has 2 N–H and O–H groups in total. The molecule has 0 aliphatic carbocycles. The quantitative estimate of drug-likeness (QED) is 0.895. The van der Waals surface area contributed by atoms with Gasteiger partial charge in [-0.25, -0.2) is 4.39 Å². The van der Waals surface area contributed by atoms with Crippen LogP contribution in [0.3, 0.4) is 0 Å². The maximum atomic E-state index is 13.2. The topological polar surface area (TPSA) is 29.3 Å². The maximum Gasteiger partial charge on any atom is 0.123 e. The number of benzene rings is 2. The summed E-state index contributed by atoms with van der Waals surface area (Å²) < 4.78 is 13.2. The third-order valence-electron chi connectivity index (χ3n) is 3.50. The van der Waals surface area contributed by atoms with E-state index in [0.717, 1.165) is 23.2 Å². The van der Waals surface area contributed by atoms with E-state index >= 15 is 0 Å². The molecule has 106 valence electrons. The highest BCUT2D eigenvalue weighted by Gasteiger charge is 2.12. The van der Waals surface area contributed by atoms with Gasteiger partial charge in [-0.2, -0.15) is 0 Å². The lowest BCUT2D eigenvalue weighted by molar-refractivity contribution is 0.625. The summed E-state index contributed by atoms with van der Waals surface area (Å²) in [4.78, 5) is 2.11. The van der Waals surface area contributed by atoms with Crippen LogP contribution in [0.4, 0.5) is 10.1 Å². The van der Waals surface area contributed by atoms with Gasteiger partial charge in [0.05, 0.1) is 0 Å². The average Bonchev–Trinajstić information content (AvgIpc) is 2.46. The molecule has 0 saturated heterocycles. The van der Waals surface area contributed by atoms with Crippen molar-refractivity contribution in [3.63, 3.8) is 0 Å². The van der Waals surface area contributed by atoms with Crippen LogP contribution in [0, 0.1) is 5.82 Å². The Hall–Kier alpha value is -1.87.